The van der Waals surface area contributed by atoms with Crippen molar-refractivity contribution in [1.82, 2.24) is 4.90 Å². The number of rotatable bonds is 4. The van der Waals surface area contributed by atoms with Gasteiger partial charge in [0.1, 0.15) is 11.6 Å². The first-order valence-electron chi connectivity index (χ1n) is 7.65. The summed E-state index contributed by atoms with van der Waals surface area (Å²) in [5.74, 6) is -0.604. The van der Waals surface area contributed by atoms with E-state index in [2.05, 4.69) is 4.90 Å². The zero-order valence-corrected chi connectivity index (χ0v) is 12.7. The van der Waals surface area contributed by atoms with E-state index in [1.54, 1.807) is 18.2 Å². The first kappa shape index (κ1) is 16.1. The Bertz CT molecular complexity index is 648. The lowest BCUT2D eigenvalue weighted by atomic mass is 10.1. The lowest BCUT2D eigenvalue weighted by molar-refractivity contribution is -0.0425. The molecule has 5 heteroatoms. The number of aliphatic hydroxyl groups excluding tert-OH is 1. The topological polar surface area (TPSA) is 32.7 Å². The minimum atomic E-state index is -0.693. The number of benzene rings is 2. The lowest BCUT2D eigenvalue weighted by Gasteiger charge is -2.34. The molecule has 0 aromatic heterocycles. The summed E-state index contributed by atoms with van der Waals surface area (Å²) >= 11 is 0. The molecule has 3 rings (SSSR count). The van der Waals surface area contributed by atoms with E-state index in [9.17, 15) is 13.9 Å². The van der Waals surface area contributed by atoms with Gasteiger partial charge in [-0.1, -0.05) is 24.3 Å². The van der Waals surface area contributed by atoms with Crippen LogP contribution in [0.1, 0.15) is 23.3 Å². The molecule has 2 unspecified atom stereocenters. The van der Waals surface area contributed by atoms with E-state index in [1.165, 1.54) is 24.3 Å². The van der Waals surface area contributed by atoms with Crippen LogP contribution in [0, 0.1) is 11.6 Å². The average molecular weight is 319 g/mol. The van der Waals surface area contributed by atoms with Crippen molar-refractivity contribution in [3.05, 3.63) is 71.3 Å². The average Bonchev–Trinajstić information content (AvgIpc) is 2.56. The van der Waals surface area contributed by atoms with Crippen LogP contribution in [0.2, 0.25) is 0 Å². The molecule has 0 radical (unpaired) electrons. The minimum absolute atomic E-state index is 0.208. The summed E-state index contributed by atoms with van der Waals surface area (Å²) in [4.78, 5) is 2.08. The van der Waals surface area contributed by atoms with Crippen molar-refractivity contribution in [3.8, 4) is 0 Å². The van der Waals surface area contributed by atoms with E-state index in [-0.39, 0.29) is 17.7 Å². The molecule has 0 amide bonds. The second-order valence-electron chi connectivity index (χ2n) is 5.74. The monoisotopic (exact) mass is 319 g/mol. The second-order valence-corrected chi connectivity index (χ2v) is 5.74. The summed E-state index contributed by atoms with van der Waals surface area (Å²) in [7, 11) is 0. The Labute approximate surface area is 134 Å². The fraction of sp³-hybridized carbons (Fsp3) is 0.333. The van der Waals surface area contributed by atoms with Crippen molar-refractivity contribution in [2.45, 2.75) is 12.2 Å². The highest BCUT2D eigenvalue weighted by atomic mass is 19.1. The van der Waals surface area contributed by atoms with Crippen LogP contribution >= 0.6 is 0 Å². The molecule has 2 aromatic rings. The molecule has 0 bridgehead atoms. The molecule has 1 aliphatic heterocycles. The highest BCUT2D eigenvalue weighted by molar-refractivity contribution is 5.21. The van der Waals surface area contributed by atoms with Gasteiger partial charge in [-0.05, 0) is 35.4 Å². The maximum atomic E-state index is 13.3. The Morgan fingerprint density at radius 1 is 1.13 bits per heavy atom. The van der Waals surface area contributed by atoms with Crippen molar-refractivity contribution in [1.29, 1.82) is 0 Å². The van der Waals surface area contributed by atoms with Crippen molar-refractivity contribution in [2.24, 2.45) is 0 Å². The van der Waals surface area contributed by atoms with Gasteiger partial charge in [0, 0.05) is 19.6 Å². The van der Waals surface area contributed by atoms with Crippen molar-refractivity contribution in [2.75, 3.05) is 26.2 Å². The largest absolute Gasteiger partial charge is 0.387 e. The lowest BCUT2D eigenvalue weighted by Crippen LogP contribution is -2.40. The Morgan fingerprint density at radius 2 is 1.91 bits per heavy atom. The van der Waals surface area contributed by atoms with Gasteiger partial charge in [-0.2, -0.15) is 0 Å². The minimum Gasteiger partial charge on any atom is -0.387 e. The molecule has 2 aromatic carbocycles. The molecule has 122 valence electrons. The van der Waals surface area contributed by atoms with Crippen LogP contribution < -0.4 is 0 Å². The van der Waals surface area contributed by atoms with Crippen LogP contribution in [0.4, 0.5) is 8.78 Å². The highest BCUT2D eigenvalue weighted by Crippen LogP contribution is 2.24. The van der Waals surface area contributed by atoms with Gasteiger partial charge in [-0.3, -0.25) is 4.90 Å². The van der Waals surface area contributed by atoms with Gasteiger partial charge >= 0.3 is 0 Å². The molecular formula is C18H19F2NO2. The normalized spacial score (nSPS) is 20.4. The number of morpholine rings is 1. The van der Waals surface area contributed by atoms with Gasteiger partial charge < -0.3 is 9.84 Å². The molecule has 1 saturated heterocycles. The molecule has 1 heterocycles. The zero-order chi connectivity index (χ0) is 16.2. The second kappa shape index (κ2) is 7.17. The molecule has 0 saturated carbocycles. The van der Waals surface area contributed by atoms with E-state index in [0.717, 1.165) is 5.56 Å². The quantitative estimate of drug-likeness (QED) is 0.940. The molecule has 0 spiro atoms. The summed E-state index contributed by atoms with van der Waals surface area (Å²) in [6.45, 7) is 2.24. The molecule has 1 fully saturated rings. The Kier molecular flexibility index (Phi) is 5.00. The molecule has 1 N–H and O–H groups in total. The predicted molar refractivity (Wildman–Crippen MR) is 82.9 cm³/mol. The summed E-state index contributed by atoms with van der Waals surface area (Å²) in [5, 5.41) is 10.3. The summed E-state index contributed by atoms with van der Waals surface area (Å²) in [6.07, 6.45) is -0.901. The molecule has 0 aliphatic carbocycles. The number of hydrogen-bond donors (Lipinski definition) is 1. The van der Waals surface area contributed by atoms with E-state index < -0.39 is 6.10 Å². The van der Waals surface area contributed by atoms with Gasteiger partial charge in [-0.25, -0.2) is 8.78 Å². The molecule has 2 atom stereocenters. The number of halogens is 2. The third kappa shape index (κ3) is 4.13. The summed E-state index contributed by atoms with van der Waals surface area (Å²) in [5.41, 5.74) is 1.48. The van der Waals surface area contributed by atoms with E-state index in [4.69, 9.17) is 4.74 Å². The van der Waals surface area contributed by atoms with Crippen molar-refractivity contribution >= 4 is 0 Å². The number of nitrogens with zero attached hydrogens (tertiary/aromatic N) is 1. The molecule has 23 heavy (non-hydrogen) atoms. The Morgan fingerprint density at radius 3 is 2.65 bits per heavy atom. The van der Waals surface area contributed by atoms with Crippen LogP contribution in [0.15, 0.2) is 48.5 Å². The first-order chi connectivity index (χ1) is 11.1. The maximum absolute atomic E-state index is 13.3. The number of β-amino-alcohol motifs (C(OH)–C–C–N with tert-alkyl or cyclic N) is 1. The van der Waals surface area contributed by atoms with Gasteiger partial charge in [0.15, 0.2) is 0 Å². The van der Waals surface area contributed by atoms with Crippen LogP contribution in [0.3, 0.4) is 0 Å². The first-order valence-corrected chi connectivity index (χ1v) is 7.65. The van der Waals surface area contributed by atoms with Gasteiger partial charge in [-0.15, -0.1) is 0 Å². The Hall–Kier alpha value is -1.82. The fourth-order valence-corrected chi connectivity index (χ4v) is 2.81. The van der Waals surface area contributed by atoms with Crippen molar-refractivity contribution < 1.29 is 18.6 Å². The molecular weight excluding hydrogens is 300 g/mol. The highest BCUT2D eigenvalue weighted by Gasteiger charge is 2.24. The predicted octanol–water partition coefficient (Wildman–Crippen LogP) is 3.07. The standard InChI is InChI=1S/C18H19F2NO2/c19-15-6-4-13(5-7-15)17(22)11-21-8-9-23-18(12-21)14-2-1-3-16(20)10-14/h1-7,10,17-18,22H,8-9,11-12H2. The SMILES string of the molecule is OC(CN1CCOC(c2cccc(F)c2)C1)c1ccc(F)cc1. The number of hydrogen-bond acceptors (Lipinski definition) is 3. The number of aliphatic hydroxyl groups is 1. The molecule has 1 aliphatic rings. The Balaban J connectivity index is 1.63. The zero-order valence-electron chi connectivity index (χ0n) is 12.7. The van der Waals surface area contributed by atoms with Crippen LogP contribution in [0.5, 0.6) is 0 Å². The smallest absolute Gasteiger partial charge is 0.123 e. The third-order valence-corrected chi connectivity index (χ3v) is 4.06. The van der Waals surface area contributed by atoms with Crippen LogP contribution in [0.25, 0.3) is 0 Å². The summed E-state index contributed by atoms with van der Waals surface area (Å²) < 4.78 is 32.0. The van der Waals surface area contributed by atoms with E-state index in [0.29, 0.717) is 31.8 Å². The van der Waals surface area contributed by atoms with Crippen molar-refractivity contribution in [3.63, 3.8) is 0 Å². The van der Waals surface area contributed by atoms with E-state index in [1.807, 2.05) is 6.07 Å². The van der Waals surface area contributed by atoms with Crippen LogP contribution in [-0.4, -0.2) is 36.2 Å². The van der Waals surface area contributed by atoms with Gasteiger partial charge in [0.2, 0.25) is 0 Å². The maximum Gasteiger partial charge on any atom is 0.123 e. The van der Waals surface area contributed by atoms with E-state index >= 15 is 0 Å². The number of ether oxygens (including phenoxy) is 1. The molecule has 3 nitrogen and oxygen atoms in total. The fourth-order valence-electron chi connectivity index (χ4n) is 2.81. The third-order valence-electron chi connectivity index (χ3n) is 4.06. The van der Waals surface area contributed by atoms with Gasteiger partial charge in [0.05, 0.1) is 18.8 Å². The van der Waals surface area contributed by atoms with Crippen LogP contribution in [-0.2, 0) is 4.74 Å². The van der Waals surface area contributed by atoms with Gasteiger partial charge in [0.25, 0.3) is 0 Å². The summed E-state index contributed by atoms with van der Waals surface area (Å²) in [6, 6.07) is 12.2.